The molecular formula is C10H13NO2. The Morgan fingerprint density at radius 1 is 1.69 bits per heavy atom. The van der Waals surface area contributed by atoms with Crippen LogP contribution in [0.1, 0.15) is 25.5 Å². The molecule has 1 unspecified atom stereocenters. The summed E-state index contributed by atoms with van der Waals surface area (Å²) in [7, 11) is 0. The van der Waals surface area contributed by atoms with Gasteiger partial charge in [-0.3, -0.25) is 4.79 Å². The number of hydrogen-bond donors (Lipinski definition) is 1. The summed E-state index contributed by atoms with van der Waals surface area (Å²) >= 11 is 0. The number of fused-ring (bicyclic) bond motifs is 1. The maximum absolute atomic E-state index is 11.1. The van der Waals surface area contributed by atoms with Gasteiger partial charge in [0.15, 0.2) is 0 Å². The zero-order valence-electron chi connectivity index (χ0n) is 7.66. The standard InChI is InChI=1S/C10H13NO2/c1-10(9(12)13)5-3-7-11-6-2-4-8(10)11/h2,4,6H,3,5,7H2,1H3,(H,12,13). The number of aliphatic carboxylic acids is 1. The van der Waals surface area contributed by atoms with Gasteiger partial charge in [-0.25, -0.2) is 0 Å². The van der Waals surface area contributed by atoms with Crippen molar-refractivity contribution in [1.29, 1.82) is 0 Å². The molecule has 1 aromatic heterocycles. The van der Waals surface area contributed by atoms with Gasteiger partial charge in [-0.1, -0.05) is 0 Å². The van der Waals surface area contributed by atoms with Crippen LogP contribution >= 0.6 is 0 Å². The van der Waals surface area contributed by atoms with Crippen LogP contribution in [-0.4, -0.2) is 15.6 Å². The minimum absolute atomic E-state index is 0.679. The highest BCUT2D eigenvalue weighted by Gasteiger charge is 2.39. The molecule has 0 spiro atoms. The van der Waals surface area contributed by atoms with Crippen LogP contribution in [0.2, 0.25) is 0 Å². The van der Waals surface area contributed by atoms with Crippen molar-refractivity contribution in [2.24, 2.45) is 0 Å². The van der Waals surface area contributed by atoms with Crippen LogP contribution < -0.4 is 0 Å². The predicted molar refractivity (Wildman–Crippen MR) is 48.7 cm³/mol. The highest BCUT2D eigenvalue weighted by Crippen LogP contribution is 2.33. The van der Waals surface area contributed by atoms with Gasteiger partial charge in [0.2, 0.25) is 0 Å². The molecule has 0 saturated heterocycles. The van der Waals surface area contributed by atoms with E-state index in [1.54, 1.807) is 6.92 Å². The molecule has 3 nitrogen and oxygen atoms in total. The third kappa shape index (κ3) is 1.07. The summed E-state index contributed by atoms with van der Waals surface area (Å²) in [6.45, 7) is 2.76. The Morgan fingerprint density at radius 2 is 2.46 bits per heavy atom. The molecule has 0 fully saturated rings. The van der Waals surface area contributed by atoms with Gasteiger partial charge in [-0.15, -0.1) is 0 Å². The molecule has 2 rings (SSSR count). The lowest BCUT2D eigenvalue weighted by atomic mass is 9.80. The summed E-state index contributed by atoms with van der Waals surface area (Å²) in [6.07, 6.45) is 3.65. The Labute approximate surface area is 77.0 Å². The third-order valence-corrected chi connectivity index (χ3v) is 2.94. The van der Waals surface area contributed by atoms with Crippen molar-refractivity contribution in [3.63, 3.8) is 0 Å². The van der Waals surface area contributed by atoms with Gasteiger partial charge in [-0.05, 0) is 31.9 Å². The number of carboxylic acids is 1. The predicted octanol–water partition coefficient (Wildman–Crippen LogP) is 1.62. The molecule has 0 saturated carbocycles. The summed E-state index contributed by atoms with van der Waals surface area (Å²) < 4.78 is 2.04. The Bertz CT molecular complexity index is 342. The minimum Gasteiger partial charge on any atom is -0.481 e. The van der Waals surface area contributed by atoms with Crippen LogP contribution in [-0.2, 0) is 16.8 Å². The van der Waals surface area contributed by atoms with Gasteiger partial charge in [0.25, 0.3) is 0 Å². The van der Waals surface area contributed by atoms with E-state index in [4.69, 9.17) is 5.11 Å². The number of carboxylic acid groups (broad SMARTS) is 1. The first-order valence-electron chi connectivity index (χ1n) is 4.53. The van der Waals surface area contributed by atoms with E-state index >= 15 is 0 Å². The third-order valence-electron chi connectivity index (χ3n) is 2.94. The van der Waals surface area contributed by atoms with Crippen LogP contribution in [0.3, 0.4) is 0 Å². The van der Waals surface area contributed by atoms with E-state index in [1.165, 1.54) is 0 Å². The molecule has 70 valence electrons. The average Bonchev–Trinajstić information content (AvgIpc) is 2.53. The van der Waals surface area contributed by atoms with Crippen LogP contribution in [0.5, 0.6) is 0 Å². The van der Waals surface area contributed by atoms with E-state index < -0.39 is 11.4 Å². The lowest BCUT2D eigenvalue weighted by molar-refractivity contribution is -0.144. The van der Waals surface area contributed by atoms with Crippen LogP contribution in [0.25, 0.3) is 0 Å². The van der Waals surface area contributed by atoms with E-state index in [0.29, 0.717) is 0 Å². The van der Waals surface area contributed by atoms with Gasteiger partial charge in [-0.2, -0.15) is 0 Å². The SMILES string of the molecule is CC1(C(=O)O)CCCn2cccc21. The van der Waals surface area contributed by atoms with E-state index in [2.05, 4.69) is 0 Å². The lowest BCUT2D eigenvalue weighted by Crippen LogP contribution is -2.37. The van der Waals surface area contributed by atoms with E-state index in [-0.39, 0.29) is 0 Å². The molecule has 0 aromatic carbocycles. The van der Waals surface area contributed by atoms with Crippen LogP contribution in [0.4, 0.5) is 0 Å². The molecule has 3 heteroatoms. The average molecular weight is 179 g/mol. The number of hydrogen-bond acceptors (Lipinski definition) is 1. The van der Waals surface area contributed by atoms with Gasteiger partial charge < -0.3 is 9.67 Å². The number of aryl methyl sites for hydroxylation is 1. The zero-order valence-corrected chi connectivity index (χ0v) is 7.66. The minimum atomic E-state index is -0.716. The summed E-state index contributed by atoms with van der Waals surface area (Å²) in [5.74, 6) is -0.716. The molecule has 1 aliphatic heterocycles. The van der Waals surface area contributed by atoms with Crippen molar-refractivity contribution in [1.82, 2.24) is 4.57 Å². The Balaban J connectivity index is 2.51. The smallest absolute Gasteiger partial charge is 0.315 e. The number of nitrogens with zero attached hydrogens (tertiary/aromatic N) is 1. The molecule has 0 radical (unpaired) electrons. The fraction of sp³-hybridized carbons (Fsp3) is 0.500. The second-order valence-corrected chi connectivity index (χ2v) is 3.83. The van der Waals surface area contributed by atoms with Crippen LogP contribution in [0.15, 0.2) is 18.3 Å². The van der Waals surface area contributed by atoms with Crippen LogP contribution in [0, 0.1) is 0 Å². The normalized spacial score (nSPS) is 26.8. The second-order valence-electron chi connectivity index (χ2n) is 3.83. The maximum Gasteiger partial charge on any atom is 0.315 e. The topological polar surface area (TPSA) is 42.2 Å². The van der Waals surface area contributed by atoms with Gasteiger partial charge in [0, 0.05) is 18.4 Å². The van der Waals surface area contributed by atoms with Gasteiger partial charge >= 0.3 is 5.97 Å². The first-order valence-corrected chi connectivity index (χ1v) is 4.53. The van der Waals surface area contributed by atoms with Crippen molar-refractivity contribution in [2.45, 2.75) is 31.7 Å². The zero-order chi connectivity index (χ0) is 9.47. The van der Waals surface area contributed by atoms with Crippen molar-refractivity contribution in [3.05, 3.63) is 24.0 Å². The van der Waals surface area contributed by atoms with Crippen molar-refractivity contribution >= 4 is 5.97 Å². The second kappa shape index (κ2) is 2.62. The number of carbonyl (C=O) groups is 1. The quantitative estimate of drug-likeness (QED) is 0.711. The van der Waals surface area contributed by atoms with E-state index in [0.717, 1.165) is 25.1 Å². The first kappa shape index (κ1) is 8.35. The Morgan fingerprint density at radius 3 is 3.15 bits per heavy atom. The number of aromatic nitrogens is 1. The van der Waals surface area contributed by atoms with Crippen molar-refractivity contribution in [3.8, 4) is 0 Å². The van der Waals surface area contributed by atoms with Crippen molar-refractivity contribution in [2.75, 3.05) is 0 Å². The fourth-order valence-corrected chi connectivity index (χ4v) is 2.06. The van der Waals surface area contributed by atoms with Gasteiger partial charge in [0.05, 0.1) is 0 Å². The monoisotopic (exact) mass is 179 g/mol. The molecular weight excluding hydrogens is 166 g/mol. The molecule has 0 bridgehead atoms. The Hall–Kier alpha value is -1.25. The first-order chi connectivity index (χ1) is 6.14. The van der Waals surface area contributed by atoms with Crippen molar-refractivity contribution < 1.29 is 9.90 Å². The summed E-state index contributed by atoms with van der Waals surface area (Å²) in [6, 6.07) is 3.83. The maximum atomic E-state index is 11.1. The van der Waals surface area contributed by atoms with E-state index in [9.17, 15) is 4.79 Å². The molecule has 0 aliphatic carbocycles. The highest BCUT2D eigenvalue weighted by atomic mass is 16.4. The molecule has 1 aliphatic rings. The summed E-state index contributed by atoms with van der Waals surface area (Å²) in [4.78, 5) is 11.1. The fourth-order valence-electron chi connectivity index (χ4n) is 2.06. The van der Waals surface area contributed by atoms with E-state index in [1.807, 2.05) is 22.9 Å². The number of rotatable bonds is 1. The molecule has 13 heavy (non-hydrogen) atoms. The molecule has 0 amide bonds. The summed E-state index contributed by atoms with van der Waals surface area (Å²) in [5, 5.41) is 9.15. The largest absolute Gasteiger partial charge is 0.481 e. The molecule has 1 aromatic rings. The summed E-state index contributed by atoms with van der Waals surface area (Å²) in [5.41, 5.74) is 0.258. The Kier molecular flexibility index (Phi) is 1.68. The lowest BCUT2D eigenvalue weighted by Gasteiger charge is -2.31. The highest BCUT2D eigenvalue weighted by molar-refractivity contribution is 5.80. The molecule has 2 heterocycles. The molecule has 1 N–H and O–H groups in total. The molecule has 1 atom stereocenters. The van der Waals surface area contributed by atoms with Gasteiger partial charge in [0.1, 0.15) is 5.41 Å².